The van der Waals surface area contributed by atoms with E-state index in [-0.39, 0.29) is 23.9 Å². The van der Waals surface area contributed by atoms with E-state index in [0.29, 0.717) is 44.1 Å². The maximum absolute atomic E-state index is 13.4. The zero-order valence-electron chi connectivity index (χ0n) is 20.5. The van der Waals surface area contributed by atoms with E-state index in [1.165, 1.54) is 5.56 Å². The SMILES string of the molecule is CC[C@@H](CN1CC[C@@H](CNC(=O)c2ccc3ccccc3c2)N[C@@H](CCN)C1=O)c1ccccc1. The second kappa shape index (κ2) is 12.0. The second-order valence-electron chi connectivity index (χ2n) is 9.35. The van der Waals surface area contributed by atoms with E-state index < -0.39 is 0 Å². The molecule has 4 N–H and O–H groups in total. The molecule has 1 fully saturated rings. The molecule has 1 aliphatic rings. The van der Waals surface area contributed by atoms with E-state index in [9.17, 15) is 9.59 Å². The summed E-state index contributed by atoms with van der Waals surface area (Å²) in [5.41, 5.74) is 7.74. The van der Waals surface area contributed by atoms with E-state index in [0.717, 1.165) is 23.6 Å². The summed E-state index contributed by atoms with van der Waals surface area (Å²) in [7, 11) is 0. The average Bonchev–Trinajstić information content (AvgIpc) is 3.04. The lowest BCUT2D eigenvalue weighted by Crippen LogP contribution is -2.49. The molecule has 6 nitrogen and oxygen atoms in total. The van der Waals surface area contributed by atoms with Gasteiger partial charge in [0.15, 0.2) is 0 Å². The van der Waals surface area contributed by atoms with Crippen LogP contribution in [0.5, 0.6) is 0 Å². The molecule has 0 radical (unpaired) electrons. The molecule has 3 aromatic rings. The number of nitrogens with two attached hydrogens (primary N) is 1. The normalized spacial score (nSPS) is 19.4. The van der Waals surface area contributed by atoms with Crippen LogP contribution in [-0.4, -0.2) is 55.0 Å². The van der Waals surface area contributed by atoms with Crippen LogP contribution in [0.25, 0.3) is 10.8 Å². The number of nitrogens with zero attached hydrogens (tertiary/aromatic N) is 1. The Hall–Kier alpha value is -3.22. The molecule has 3 aromatic carbocycles. The van der Waals surface area contributed by atoms with E-state index in [1.807, 2.05) is 53.4 Å². The topological polar surface area (TPSA) is 87.5 Å². The van der Waals surface area contributed by atoms with Gasteiger partial charge in [0, 0.05) is 37.2 Å². The van der Waals surface area contributed by atoms with Crippen LogP contribution in [0.2, 0.25) is 0 Å². The van der Waals surface area contributed by atoms with Gasteiger partial charge in [-0.3, -0.25) is 9.59 Å². The van der Waals surface area contributed by atoms with Crippen molar-refractivity contribution in [1.82, 2.24) is 15.5 Å². The van der Waals surface area contributed by atoms with Gasteiger partial charge in [-0.2, -0.15) is 0 Å². The maximum atomic E-state index is 13.4. The summed E-state index contributed by atoms with van der Waals surface area (Å²) < 4.78 is 0. The zero-order valence-corrected chi connectivity index (χ0v) is 20.5. The van der Waals surface area contributed by atoms with Crippen LogP contribution in [-0.2, 0) is 4.79 Å². The summed E-state index contributed by atoms with van der Waals surface area (Å²) in [6.07, 6.45) is 2.32. The fourth-order valence-corrected chi connectivity index (χ4v) is 4.91. The molecule has 35 heavy (non-hydrogen) atoms. The molecule has 1 aliphatic heterocycles. The minimum absolute atomic E-state index is 0.00158. The number of rotatable bonds is 9. The Labute approximate surface area is 207 Å². The van der Waals surface area contributed by atoms with Crippen molar-refractivity contribution in [2.45, 2.75) is 44.2 Å². The minimum atomic E-state index is -0.335. The standard InChI is InChI=1S/C29H36N4O2/c1-2-21(22-8-4-3-5-9-22)20-33-17-15-26(32-27(14-16-30)29(33)35)19-31-28(34)25-13-12-23-10-6-7-11-24(23)18-25/h3-13,18,21,26-27,32H,2,14-17,19-20,30H2,1H3,(H,31,34)/t21-,26-,27-/m0/s1. The third-order valence-electron chi connectivity index (χ3n) is 6.97. The van der Waals surface area contributed by atoms with E-state index in [1.54, 1.807) is 0 Å². The fourth-order valence-electron chi connectivity index (χ4n) is 4.91. The Morgan fingerprint density at radius 1 is 1.09 bits per heavy atom. The third kappa shape index (κ3) is 6.27. The van der Waals surface area contributed by atoms with Crippen LogP contribution in [0.3, 0.4) is 0 Å². The number of amides is 2. The first-order valence-electron chi connectivity index (χ1n) is 12.7. The van der Waals surface area contributed by atoms with Crippen molar-refractivity contribution in [3.05, 3.63) is 83.9 Å². The molecule has 6 heteroatoms. The van der Waals surface area contributed by atoms with E-state index in [4.69, 9.17) is 5.73 Å². The molecule has 0 spiro atoms. The van der Waals surface area contributed by atoms with Gasteiger partial charge in [0.05, 0.1) is 6.04 Å². The van der Waals surface area contributed by atoms with Crippen LogP contribution in [0.4, 0.5) is 0 Å². The average molecular weight is 473 g/mol. The smallest absolute Gasteiger partial charge is 0.251 e. The van der Waals surface area contributed by atoms with Crippen LogP contribution >= 0.6 is 0 Å². The monoisotopic (exact) mass is 472 g/mol. The Morgan fingerprint density at radius 2 is 1.83 bits per heavy atom. The quantitative estimate of drug-likeness (QED) is 0.443. The molecule has 184 valence electrons. The Bertz CT molecular complexity index is 1130. The fraction of sp³-hybridized carbons (Fsp3) is 0.379. The predicted molar refractivity (Wildman–Crippen MR) is 141 cm³/mol. The van der Waals surface area contributed by atoms with Gasteiger partial charge in [-0.15, -0.1) is 0 Å². The number of fused-ring (bicyclic) bond motifs is 1. The van der Waals surface area contributed by atoms with Crippen LogP contribution in [0.15, 0.2) is 72.8 Å². The highest BCUT2D eigenvalue weighted by Gasteiger charge is 2.31. The predicted octanol–water partition coefficient (Wildman–Crippen LogP) is 3.67. The summed E-state index contributed by atoms with van der Waals surface area (Å²) in [4.78, 5) is 28.2. The molecule has 0 saturated carbocycles. The molecular formula is C29H36N4O2. The Morgan fingerprint density at radius 3 is 2.57 bits per heavy atom. The van der Waals surface area contributed by atoms with Gasteiger partial charge in [-0.25, -0.2) is 0 Å². The van der Waals surface area contributed by atoms with E-state index in [2.05, 4.69) is 41.8 Å². The number of nitrogens with one attached hydrogen (secondary N) is 2. The van der Waals surface area contributed by atoms with Gasteiger partial charge in [-0.05, 0) is 54.3 Å². The van der Waals surface area contributed by atoms with Crippen molar-refractivity contribution in [3.8, 4) is 0 Å². The van der Waals surface area contributed by atoms with Crippen molar-refractivity contribution in [1.29, 1.82) is 0 Å². The second-order valence-corrected chi connectivity index (χ2v) is 9.35. The van der Waals surface area contributed by atoms with Crippen LogP contribution in [0, 0.1) is 0 Å². The Kier molecular flexibility index (Phi) is 8.50. The van der Waals surface area contributed by atoms with Crippen LogP contribution in [0.1, 0.15) is 48.0 Å². The van der Waals surface area contributed by atoms with Gasteiger partial charge < -0.3 is 21.3 Å². The summed E-state index contributed by atoms with van der Waals surface area (Å²) in [6.45, 7) is 4.42. The highest BCUT2D eigenvalue weighted by atomic mass is 16.2. The minimum Gasteiger partial charge on any atom is -0.350 e. The van der Waals surface area contributed by atoms with Gasteiger partial charge in [0.1, 0.15) is 0 Å². The number of carbonyl (C=O) groups is 2. The number of carbonyl (C=O) groups excluding carboxylic acids is 2. The molecule has 3 atom stereocenters. The highest BCUT2D eigenvalue weighted by Crippen LogP contribution is 2.22. The molecule has 4 rings (SSSR count). The first-order valence-corrected chi connectivity index (χ1v) is 12.7. The van der Waals surface area contributed by atoms with Gasteiger partial charge in [-0.1, -0.05) is 67.6 Å². The number of benzene rings is 3. The first kappa shape index (κ1) is 24.9. The van der Waals surface area contributed by atoms with Gasteiger partial charge >= 0.3 is 0 Å². The summed E-state index contributed by atoms with van der Waals surface area (Å²) in [6, 6.07) is 23.8. The lowest BCUT2D eigenvalue weighted by Gasteiger charge is -2.28. The van der Waals surface area contributed by atoms with Crippen molar-refractivity contribution in [3.63, 3.8) is 0 Å². The van der Waals surface area contributed by atoms with E-state index >= 15 is 0 Å². The summed E-state index contributed by atoms with van der Waals surface area (Å²) >= 11 is 0. The van der Waals surface area contributed by atoms with Crippen molar-refractivity contribution < 1.29 is 9.59 Å². The molecule has 0 aliphatic carbocycles. The van der Waals surface area contributed by atoms with Crippen molar-refractivity contribution in [2.24, 2.45) is 5.73 Å². The third-order valence-corrected chi connectivity index (χ3v) is 6.97. The molecule has 0 bridgehead atoms. The molecule has 0 unspecified atom stereocenters. The molecule has 1 heterocycles. The molecular weight excluding hydrogens is 436 g/mol. The largest absolute Gasteiger partial charge is 0.350 e. The number of hydrogen-bond donors (Lipinski definition) is 3. The highest BCUT2D eigenvalue weighted by molar-refractivity contribution is 5.98. The first-order chi connectivity index (χ1) is 17.1. The summed E-state index contributed by atoms with van der Waals surface area (Å²) in [5, 5.41) is 8.70. The molecule has 0 aromatic heterocycles. The van der Waals surface area contributed by atoms with Crippen molar-refractivity contribution in [2.75, 3.05) is 26.2 Å². The zero-order chi connectivity index (χ0) is 24.6. The lowest BCUT2D eigenvalue weighted by atomic mass is 9.95. The lowest BCUT2D eigenvalue weighted by molar-refractivity contribution is -0.133. The number of hydrogen-bond acceptors (Lipinski definition) is 4. The van der Waals surface area contributed by atoms with Gasteiger partial charge in [0.25, 0.3) is 5.91 Å². The molecule has 2 amide bonds. The van der Waals surface area contributed by atoms with Gasteiger partial charge in [0.2, 0.25) is 5.91 Å². The molecule has 1 saturated heterocycles. The summed E-state index contributed by atoms with van der Waals surface area (Å²) in [5.74, 6) is 0.298. The Balaban J connectivity index is 1.40. The van der Waals surface area contributed by atoms with Crippen molar-refractivity contribution >= 4 is 22.6 Å². The van der Waals surface area contributed by atoms with Crippen LogP contribution < -0.4 is 16.4 Å². The maximum Gasteiger partial charge on any atom is 0.251 e.